The summed E-state index contributed by atoms with van der Waals surface area (Å²) in [7, 11) is 0. The maximum atomic E-state index is 13.6. The van der Waals surface area contributed by atoms with Gasteiger partial charge in [-0.1, -0.05) is 11.6 Å². The monoisotopic (exact) mass is 405 g/mol. The van der Waals surface area contributed by atoms with Crippen LogP contribution in [0.1, 0.15) is 24.3 Å². The number of alkyl halides is 2. The van der Waals surface area contributed by atoms with Gasteiger partial charge in [0.1, 0.15) is 10.8 Å². The lowest BCUT2D eigenvalue weighted by atomic mass is 9.88. The second-order valence-corrected chi connectivity index (χ2v) is 6.36. The second kappa shape index (κ2) is 8.13. The zero-order valence-corrected chi connectivity index (χ0v) is 14.7. The number of halogens is 5. The van der Waals surface area contributed by atoms with Crippen molar-refractivity contribution in [3.05, 3.63) is 40.6 Å². The van der Waals surface area contributed by atoms with Gasteiger partial charge in [-0.2, -0.15) is 13.9 Å². The fourth-order valence-electron chi connectivity index (χ4n) is 3.17. The maximum absolute atomic E-state index is 13.6. The molecule has 2 heterocycles. The van der Waals surface area contributed by atoms with E-state index >= 15 is 0 Å². The van der Waals surface area contributed by atoms with E-state index in [1.807, 2.05) is 4.90 Å². The summed E-state index contributed by atoms with van der Waals surface area (Å²) in [4.78, 5) is 1.93. The van der Waals surface area contributed by atoms with Crippen molar-refractivity contribution in [3.63, 3.8) is 0 Å². The summed E-state index contributed by atoms with van der Waals surface area (Å²) in [6.07, 6.45) is 2.48. The molecule has 0 unspecified atom stereocenters. The Morgan fingerprint density at radius 2 is 1.89 bits per heavy atom. The van der Waals surface area contributed by atoms with Crippen LogP contribution in [0.25, 0.3) is 0 Å². The van der Waals surface area contributed by atoms with E-state index in [1.54, 1.807) is 0 Å². The Labute approximate surface area is 157 Å². The molecular weight excluding hydrogens is 390 g/mol. The first-order chi connectivity index (χ1) is 12.9. The number of rotatable bonds is 5. The quantitative estimate of drug-likeness (QED) is 0.449. The average Bonchev–Trinajstić information content (AvgIpc) is 2.64. The Balaban J connectivity index is 1.79. The van der Waals surface area contributed by atoms with Crippen LogP contribution in [0.2, 0.25) is 5.02 Å². The molecule has 0 aliphatic carbocycles. The van der Waals surface area contributed by atoms with Crippen LogP contribution >= 0.6 is 11.6 Å². The van der Waals surface area contributed by atoms with Crippen LogP contribution in [-0.2, 0) is 0 Å². The van der Waals surface area contributed by atoms with Gasteiger partial charge < -0.3 is 15.1 Å². The maximum Gasteiger partial charge on any atom is 0.387 e. The van der Waals surface area contributed by atoms with Gasteiger partial charge in [-0.3, -0.25) is 0 Å². The number of hydrogen-bond acceptors (Lipinski definition) is 6. The number of hydrazine groups is 1. The number of aromatic nitrogens is 2. The third-order valence-corrected chi connectivity index (χ3v) is 4.82. The van der Waals surface area contributed by atoms with Gasteiger partial charge in [0.2, 0.25) is 0 Å². The van der Waals surface area contributed by atoms with Crippen molar-refractivity contribution >= 4 is 23.1 Å². The Kier molecular flexibility index (Phi) is 5.85. The minimum absolute atomic E-state index is 0.220. The van der Waals surface area contributed by atoms with Gasteiger partial charge in [0.05, 0.1) is 11.9 Å². The Morgan fingerprint density at radius 1 is 1.22 bits per heavy atom. The lowest BCUT2D eigenvalue weighted by Gasteiger charge is -2.34. The summed E-state index contributed by atoms with van der Waals surface area (Å²) < 4.78 is 56.7. The number of piperidine rings is 1. The Morgan fingerprint density at radius 3 is 2.52 bits per heavy atom. The van der Waals surface area contributed by atoms with E-state index in [2.05, 4.69) is 20.4 Å². The number of nitrogens with two attached hydrogens (primary N) is 1. The molecule has 1 saturated heterocycles. The molecule has 1 aliphatic heterocycles. The van der Waals surface area contributed by atoms with Gasteiger partial charge in [0.15, 0.2) is 17.5 Å². The molecule has 11 heteroatoms. The van der Waals surface area contributed by atoms with Gasteiger partial charge in [-0.05, 0) is 24.8 Å². The molecule has 0 radical (unpaired) electrons. The van der Waals surface area contributed by atoms with Crippen LogP contribution in [-0.4, -0.2) is 29.9 Å². The van der Waals surface area contributed by atoms with Crippen LogP contribution in [0, 0.1) is 11.6 Å². The lowest BCUT2D eigenvalue weighted by molar-refractivity contribution is -0.0509. The highest BCUT2D eigenvalue weighted by atomic mass is 35.5. The number of nitrogens with zero attached hydrogens (tertiary/aromatic N) is 3. The van der Waals surface area contributed by atoms with E-state index in [1.165, 1.54) is 6.20 Å². The summed E-state index contributed by atoms with van der Waals surface area (Å²) in [5, 5.41) is 7.89. The number of hydrogen-bond donors (Lipinski definition) is 2. The minimum atomic E-state index is -3.13. The van der Waals surface area contributed by atoms with Crippen molar-refractivity contribution in [2.75, 3.05) is 23.4 Å². The van der Waals surface area contributed by atoms with Crippen LogP contribution in [0.5, 0.6) is 5.75 Å². The van der Waals surface area contributed by atoms with Crippen LogP contribution < -0.4 is 20.9 Å². The topological polar surface area (TPSA) is 76.3 Å². The van der Waals surface area contributed by atoms with Crippen LogP contribution in [0.15, 0.2) is 18.3 Å². The van der Waals surface area contributed by atoms with E-state index < -0.39 is 18.2 Å². The molecule has 1 aromatic carbocycles. The average molecular weight is 406 g/mol. The molecule has 1 aliphatic rings. The van der Waals surface area contributed by atoms with Gasteiger partial charge in [0, 0.05) is 24.7 Å². The minimum Gasteiger partial charge on any atom is -0.434 e. The first-order valence-electron chi connectivity index (χ1n) is 8.07. The van der Waals surface area contributed by atoms with Crippen molar-refractivity contribution in [1.29, 1.82) is 0 Å². The molecule has 0 bridgehead atoms. The van der Waals surface area contributed by atoms with E-state index in [4.69, 9.17) is 17.4 Å². The fraction of sp³-hybridized carbons (Fsp3) is 0.375. The van der Waals surface area contributed by atoms with Gasteiger partial charge in [0.25, 0.3) is 0 Å². The van der Waals surface area contributed by atoms with Crippen LogP contribution in [0.3, 0.4) is 0 Å². The standard InChI is InChI=1S/C16H16ClF4N5O/c17-14-12(7-23-25-15(14)24-22)26-3-1-8(2-4-26)9-5-10(18)11(19)6-13(9)27-16(20)21/h5-8,16H,1-4,22H2,(H,24,25). The zero-order chi connectivity index (χ0) is 19.6. The molecule has 0 saturated carbocycles. The first kappa shape index (κ1) is 19.4. The smallest absolute Gasteiger partial charge is 0.387 e. The zero-order valence-electron chi connectivity index (χ0n) is 13.9. The molecule has 3 N–H and O–H groups in total. The predicted molar refractivity (Wildman–Crippen MR) is 92.0 cm³/mol. The van der Waals surface area contributed by atoms with Crippen molar-refractivity contribution in [3.8, 4) is 5.75 Å². The molecule has 27 heavy (non-hydrogen) atoms. The first-order valence-corrected chi connectivity index (χ1v) is 8.45. The van der Waals surface area contributed by atoms with Crippen molar-refractivity contribution < 1.29 is 22.3 Å². The summed E-state index contributed by atoms with van der Waals surface area (Å²) in [6.45, 7) is -2.14. The lowest BCUT2D eigenvalue weighted by Crippen LogP contribution is -2.33. The van der Waals surface area contributed by atoms with Crippen molar-refractivity contribution in [1.82, 2.24) is 10.2 Å². The molecule has 146 valence electrons. The van der Waals surface area contributed by atoms with Gasteiger partial charge in [-0.15, -0.1) is 5.10 Å². The molecule has 3 rings (SSSR count). The third-order valence-electron chi connectivity index (χ3n) is 4.45. The Hall–Kier alpha value is -2.33. The number of anilines is 2. The van der Waals surface area contributed by atoms with Crippen molar-refractivity contribution in [2.24, 2.45) is 5.84 Å². The summed E-state index contributed by atoms with van der Waals surface area (Å²) in [5.41, 5.74) is 3.19. The number of ether oxygens (including phenoxy) is 1. The molecule has 0 spiro atoms. The predicted octanol–water partition coefficient (Wildman–Crippen LogP) is 3.68. The second-order valence-electron chi connectivity index (χ2n) is 5.98. The molecule has 0 atom stereocenters. The van der Waals surface area contributed by atoms with Crippen LogP contribution in [0.4, 0.5) is 29.1 Å². The largest absolute Gasteiger partial charge is 0.434 e. The van der Waals surface area contributed by atoms with E-state index in [-0.39, 0.29) is 23.0 Å². The van der Waals surface area contributed by atoms with E-state index in [0.717, 1.165) is 6.07 Å². The number of benzene rings is 1. The van der Waals surface area contributed by atoms with Crippen molar-refractivity contribution in [2.45, 2.75) is 25.4 Å². The molecule has 0 amide bonds. The van der Waals surface area contributed by atoms with Gasteiger partial charge in [-0.25, -0.2) is 14.6 Å². The molecule has 1 fully saturated rings. The highest BCUT2D eigenvalue weighted by Gasteiger charge is 2.27. The molecule has 2 aromatic rings. The Bertz CT molecular complexity index is 818. The SMILES string of the molecule is NNc1nncc(N2CCC(c3cc(F)c(F)cc3OC(F)F)CC2)c1Cl. The molecular formula is C16H16ClF4N5O. The normalized spacial score (nSPS) is 15.3. The number of nitrogens with one attached hydrogen (secondary N) is 1. The third kappa shape index (κ3) is 4.16. The van der Waals surface area contributed by atoms with Gasteiger partial charge >= 0.3 is 6.61 Å². The molecule has 6 nitrogen and oxygen atoms in total. The van der Waals surface area contributed by atoms with E-state index in [9.17, 15) is 17.6 Å². The number of nitrogen functional groups attached to an aromatic ring is 1. The summed E-state index contributed by atoms with van der Waals surface area (Å²) in [6, 6.07) is 1.58. The highest BCUT2D eigenvalue weighted by Crippen LogP contribution is 2.39. The highest BCUT2D eigenvalue weighted by molar-refractivity contribution is 6.35. The van der Waals surface area contributed by atoms with E-state index in [0.29, 0.717) is 42.7 Å². The summed E-state index contributed by atoms with van der Waals surface area (Å²) >= 11 is 6.24. The fourth-order valence-corrected chi connectivity index (χ4v) is 3.43. The summed E-state index contributed by atoms with van der Waals surface area (Å²) in [5.74, 6) is 2.60. The molecule has 1 aromatic heterocycles.